The summed E-state index contributed by atoms with van der Waals surface area (Å²) in [6.07, 6.45) is 2.87. The van der Waals surface area contributed by atoms with Crippen LogP contribution in [0.4, 0.5) is 0 Å². The molecule has 1 aromatic carbocycles. The zero-order valence-electron chi connectivity index (χ0n) is 10.5. The summed E-state index contributed by atoms with van der Waals surface area (Å²) < 4.78 is 4.86. The fraction of sp³-hybridized carbons (Fsp3) is 0.214. The van der Waals surface area contributed by atoms with Crippen LogP contribution in [0.1, 0.15) is 22.8 Å². The smallest absolute Gasteiger partial charge is 0.341 e. The molecule has 0 spiro atoms. The van der Waals surface area contributed by atoms with Gasteiger partial charge in [-0.15, -0.1) is 0 Å². The Morgan fingerprint density at radius 1 is 1.32 bits per heavy atom. The highest BCUT2D eigenvalue weighted by atomic mass is 16.5. The van der Waals surface area contributed by atoms with E-state index in [1.807, 2.05) is 18.2 Å². The Hall–Kier alpha value is -2.27. The molecule has 1 heterocycles. The molecule has 0 radical (unpaired) electrons. The van der Waals surface area contributed by atoms with E-state index >= 15 is 0 Å². The van der Waals surface area contributed by atoms with Crippen molar-refractivity contribution < 1.29 is 14.6 Å². The zero-order chi connectivity index (χ0) is 13.7. The van der Waals surface area contributed by atoms with Gasteiger partial charge in [-0.25, -0.2) is 14.8 Å². The highest BCUT2D eigenvalue weighted by Gasteiger charge is 2.08. The molecule has 19 heavy (non-hydrogen) atoms. The number of hydrogen-bond acceptors (Lipinski definition) is 5. The molecule has 0 saturated heterocycles. The van der Waals surface area contributed by atoms with Gasteiger partial charge in [0.2, 0.25) is 0 Å². The van der Waals surface area contributed by atoms with Crippen LogP contribution >= 0.6 is 0 Å². The van der Waals surface area contributed by atoms with Gasteiger partial charge in [-0.3, -0.25) is 0 Å². The van der Waals surface area contributed by atoms with E-state index in [1.165, 1.54) is 12.4 Å². The lowest BCUT2D eigenvalue weighted by Crippen LogP contribution is -2.06. The third-order valence-corrected chi connectivity index (χ3v) is 2.53. The molecule has 0 bridgehead atoms. The number of aromatic nitrogens is 2. The molecular weight excluding hydrogens is 244 g/mol. The lowest BCUT2D eigenvalue weighted by Gasteiger charge is -2.04. The average Bonchev–Trinajstić information content (AvgIpc) is 2.48. The van der Waals surface area contributed by atoms with Crippen LogP contribution in [0.5, 0.6) is 0 Å². The minimum Gasteiger partial charge on any atom is -0.462 e. The van der Waals surface area contributed by atoms with E-state index in [2.05, 4.69) is 9.97 Å². The second kappa shape index (κ2) is 6.06. The molecular formula is C14H14N2O3. The number of ether oxygens (including phenoxy) is 1. The summed E-state index contributed by atoms with van der Waals surface area (Å²) in [5.74, 6) is 0.0708. The maximum atomic E-state index is 11.5. The summed E-state index contributed by atoms with van der Waals surface area (Å²) in [6.45, 7) is 2.03. The minimum atomic E-state index is -0.432. The van der Waals surface area contributed by atoms with Gasteiger partial charge in [0.15, 0.2) is 5.82 Å². The van der Waals surface area contributed by atoms with E-state index in [1.54, 1.807) is 13.0 Å². The molecule has 0 amide bonds. The van der Waals surface area contributed by atoms with E-state index in [0.717, 1.165) is 11.1 Å². The Morgan fingerprint density at radius 2 is 2.05 bits per heavy atom. The molecule has 2 aromatic rings. The molecule has 0 unspecified atom stereocenters. The van der Waals surface area contributed by atoms with E-state index in [9.17, 15) is 4.79 Å². The molecule has 1 N–H and O–H groups in total. The first kappa shape index (κ1) is 13.2. The molecule has 0 aliphatic heterocycles. The topological polar surface area (TPSA) is 72.3 Å². The van der Waals surface area contributed by atoms with Crippen LogP contribution in [0.15, 0.2) is 36.7 Å². The van der Waals surface area contributed by atoms with Crippen LogP contribution in [0, 0.1) is 0 Å². The Balaban J connectivity index is 2.24. The largest absolute Gasteiger partial charge is 0.462 e. The predicted octanol–water partition coefficient (Wildman–Crippen LogP) is 1.81. The number of aliphatic hydroxyl groups excluding tert-OH is 1. The van der Waals surface area contributed by atoms with Crippen molar-refractivity contribution >= 4 is 5.97 Å². The van der Waals surface area contributed by atoms with E-state index in [-0.39, 0.29) is 6.61 Å². The number of benzene rings is 1. The van der Waals surface area contributed by atoms with Gasteiger partial charge < -0.3 is 9.84 Å². The third-order valence-electron chi connectivity index (χ3n) is 2.53. The van der Waals surface area contributed by atoms with Crippen molar-refractivity contribution in [1.82, 2.24) is 9.97 Å². The Bertz CT molecular complexity index is 567. The number of nitrogens with zero attached hydrogens (tertiary/aromatic N) is 2. The maximum Gasteiger partial charge on any atom is 0.341 e. The van der Waals surface area contributed by atoms with Crippen LogP contribution in [-0.2, 0) is 11.3 Å². The predicted molar refractivity (Wildman–Crippen MR) is 69.3 cm³/mol. The van der Waals surface area contributed by atoms with E-state index < -0.39 is 5.97 Å². The lowest BCUT2D eigenvalue weighted by molar-refractivity contribution is 0.0525. The molecule has 1 aromatic heterocycles. The molecule has 98 valence electrons. The maximum absolute atomic E-state index is 11.5. The highest BCUT2D eigenvalue weighted by molar-refractivity contribution is 5.88. The van der Waals surface area contributed by atoms with Gasteiger partial charge in [0.25, 0.3) is 0 Å². The van der Waals surface area contributed by atoms with Crippen LogP contribution < -0.4 is 0 Å². The number of hydrogen-bond donors (Lipinski definition) is 1. The molecule has 5 nitrogen and oxygen atoms in total. The van der Waals surface area contributed by atoms with Gasteiger partial charge in [-0.1, -0.05) is 18.2 Å². The second-order valence-electron chi connectivity index (χ2n) is 3.87. The van der Waals surface area contributed by atoms with Gasteiger partial charge in [0.05, 0.1) is 18.8 Å². The zero-order valence-corrected chi connectivity index (χ0v) is 10.5. The summed E-state index contributed by atoms with van der Waals surface area (Å²) >= 11 is 0. The average molecular weight is 258 g/mol. The summed E-state index contributed by atoms with van der Waals surface area (Å²) in [4.78, 5) is 19.7. The van der Waals surface area contributed by atoms with Gasteiger partial charge in [0.1, 0.15) is 0 Å². The Labute approximate surface area is 110 Å². The number of esters is 1. The van der Waals surface area contributed by atoms with Crippen molar-refractivity contribution in [1.29, 1.82) is 0 Å². The van der Waals surface area contributed by atoms with E-state index in [0.29, 0.717) is 18.0 Å². The summed E-state index contributed by atoms with van der Waals surface area (Å²) in [5.41, 5.74) is 1.90. The van der Waals surface area contributed by atoms with Crippen molar-refractivity contribution in [2.75, 3.05) is 6.61 Å². The summed E-state index contributed by atoms with van der Waals surface area (Å²) in [6, 6.07) is 7.29. The van der Waals surface area contributed by atoms with Gasteiger partial charge in [-0.05, 0) is 18.6 Å². The Morgan fingerprint density at radius 3 is 2.68 bits per heavy atom. The number of carbonyl (C=O) groups is 1. The SMILES string of the molecule is CCOC(=O)c1cnc(-c2cccc(CO)c2)nc1. The molecule has 0 aliphatic rings. The second-order valence-corrected chi connectivity index (χ2v) is 3.87. The molecule has 2 rings (SSSR count). The molecule has 0 aliphatic carbocycles. The van der Waals surface area contributed by atoms with Crippen molar-refractivity contribution in [3.05, 3.63) is 47.8 Å². The quantitative estimate of drug-likeness (QED) is 0.847. The first-order chi connectivity index (χ1) is 9.24. The highest BCUT2D eigenvalue weighted by Crippen LogP contribution is 2.16. The van der Waals surface area contributed by atoms with Crippen molar-refractivity contribution in [2.45, 2.75) is 13.5 Å². The Kier molecular flexibility index (Phi) is 4.20. The monoisotopic (exact) mass is 258 g/mol. The third kappa shape index (κ3) is 3.14. The molecule has 0 atom stereocenters. The van der Waals surface area contributed by atoms with Gasteiger partial charge in [0, 0.05) is 18.0 Å². The van der Waals surface area contributed by atoms with E-state index in [4.69, 9.17) is 9.84 Å². The lowest BCUT2D eigenvalue weighted by atomic mass is 10.1. The molecule has 5 heteroatoms. The van der Waals surface area contributed by atoms with Crippen molar-refractivity contribution in [3.63, 3.8) is 0 Å². The first-order valence-corrected chi connectivity index (χ1v) is 5.94. The standard InChI is InChI=1S/C14H14N2O3/c1-2-19-14(18)12-7-15-13(16-8-12)11-5-3-4-10(6-11)9-17/h3-8,17H,2,9H2,1H3. The summed E-state index contributed by atoms with van der Waals surface area (Å²) in [7, 11) is 0. The molecule has 0 fully saturated rings. The number of carbonyl (C=O) groups excluding carboxylic acids is 1. The summed E-state index contributed by atoms with van der Waals surface area (Å²) in [5, 5.41) is 9.08. The molecule has 0 saturated carbocycles. The van der Waals surface area contributed by atoms with Crippen LogP contribution in [0.3, 0.4) is 0 Å². The van der Waals surface area contributed by atoms with Crippen LogP contribution in [-0.4, -0.2) is 27.7 Å². The fourth-order valence-corrected chi connectivity index (χ4v) is 1.61. The number of aliphatic hydroxyl groups is 1. The van der Waals surface area contributed by atoms with Crippen LogP contribution in [0.2, 0.25) is 0 Å². The van der Waals surface area contributed by atoms with Gasteiger partial charge >= 0.3 is 5.97 Å². The normalized spacial score (nSPS) is 10.2. The van der Waals surface area contributed by atoms with Crippen molar-refractivity contribution in [3.8, 4) is 11.4 Å². The number of rotatable bonds is 4. The minimum absolute atomic E-state index is 0.0330. The fourth-order valence-electron chi connectivity index (χ4n) is 1.61. The van der Waals surface area contributed by atoms with Gasteiger partial charge in [-0.2, -0.15) is 0 Å². The van der Waals surface area contributed by atoms with Crippen LogP contribution in [0.25, 0.3) is 11.4 Å². The van der Waals surface area contributed by atoms with Crippen molar-refractivity contribution in [2.24, 2.45) is 0 Å². The first-order valence-electron chi connectivity index (χ1n) is 5.94.